The molecule has 0 aromatic rings. The number of amides is 2. The molecule has 1 heterocycles. The van der Waals surface area contributed by atoms with Crippen LogP contribution in [0.5, 0.6) is 0 Å². The molecule has 2 atom stereocenters. The van der Waals surface area contributed by atoms with E-state index < -0.39 is 0 Å². The van der Waals surface area contributed by atoms with Crippen LogP contribution in [0.2, 0.25) is 0 Å². The molecule has 0 saturated carbocycles. The number of nitrogens with two attached hydrogens (primary N) is 1. The highest BCUT2D eigenvalue weighted by atomic mass is 35.5. The van der Waals surface area contributed by atoms with Gasteiger partial charge in [-0.3, -0.25) is 9.59 Å². The van der Waals surface area contributed by atoms with E-state index in [1.54, 1.807) is 0 Å². The minimum Gasteiger partial charge on any atom is -0.353 e. The minimum atomic E-state index is -0.0377. The molecule has 2 unspecified atom stereocenters. The summed E-state index contributed by atoms with van der Waals surface area (Å²) in [4.78, 5) is 26.5. The predicted molar refractivity (Wildman–Crippen MR) is 101 cm³/mol. The average molecular weight is 362 g/mol. The normalized spacial score (nSPS) is 18.6. The van der Waals surface area contributed by atoms with Gasteiger partial charge in [0.25, 0.3) is 0 Å². The van der Waals surface area contributed by atoms with Crippen molar-refractivity contribution in [1.29, 1.82) is 0 Å². The maximum Gasteiger partial charge on any atom is 0.225 e. The second-order valence-corrected chi connectivity index (χ2v) is 6.83. The Kier molecular flexibility index (Phi) is 13.0. The molecule has 142 valence electrons. The number of rotatable bonds is 10. The SMILES string of the molecule is CCCC(C)NC(=O)C1CCCN(C(=O)CCCCCCN)C1.Cl. The summed E-state index contributed by atoms with van der Waals surface area (Å²) in [6.07, 6.45) is 8.63. The van der Waals surface area contributed by atoms with Gasteiger partial charge in [0.05, 0.1) is 5.92 Å². The molecule has 2 amide bonds. The first kappa shape index (κ1) is 23.2. The molecule has 0 bridgehead atoms. The Morgan fingerprint density at radius 1 is 1.25 bits per heavy atom. The van der Waals surface area contributed by atoms with Crippen LogP contribution in [0, 0.1) is 5.92 Å². The highest BCUT2D eigenvalue weighted by Gasteiger charge is 2.28. The minimum absolute atomic E-state index is 0. The fourth-order valence-corrected chi connectivity index (χ4v) is 3.22. The van der Waals surface area contributed by atoms with E-state index in [0.717, 1.165) is 64.5 Å². The molecule has 0 aromatic carbocycles. The largest absolute Gasteiger partial charge is 0.353 e. The maximum atomic E-state index is 12.3. The van der Waals surface area contributed by atoms with E-state index in [9.17, 15) is 9.59 Å². The van der Waals surface area contributed by atoms with Gasteiger partial charge >= 0.3 is 0 Å². The van der Waals surface area contributed by atoms with Gasteiger partial charge in [0.2, 0.25) is 11.8 Å². The summed E-state index contributed by atoms with van der Waals surface area (Å²) in [5.41, 5.74) is 5.47. The average Bonchev–Trinajstić information content (AvgIpc) is 2.54. The van der Waals surface area contributed by atoms with Crippen molar-refractivity contribution in [3.8, 4) is 0 Å². The van der Waals surface area contributed by atoms with Crippen LogP contribution in [0.1, 0.15) is 71.6 Å². The van der Waals surface area contributed by atoms with Crippen LogP contribution in [-0.4, -0.2) is 42.4 Å². The molecule has 0 aliphatic carbocycles. The molecule has 1 saturated heterocycles. The van der Waals surface area contributed by atoms with Gasteiger partial charge < -0.3 is 16.0 Å². The van der Waals surface area contributed by atoms with Crippen molar-refractivity contribution in [2.24, 2.45) is 11.7 Å². The molecule has 3 N–H and O–H groups in total. The second kappa shape index (κ2) is 13.5. The number of likely N-dealkylation sites (tertiary alicyclic amines) is 1. The third-order valence-electron chi connectivity index (χ3n) is 4.60. The molecule has 0 spiro atoms. The lowest BCUT2D eigenvalue weighted by atomic mass is 9.96. The van der Waals surface area contributed by atoms with E-state index >= 15 is 0 Å². The molecule has 5 nitrogen and oxygen atoms in total. The molecule has 0 aromatic heterocycles. The molecule has 24 heavy (non-hydrogen) atoms. The summed E-state index contributed by atoms with van der Waals surface area (Å²) < 4.78 is 0. The van der Waals surface area contributed by atoms with Crippen LogP contribution < -0.4 is 11.1 Å². The van der Waals surface area contributed by atoms with Gasteiger partial charge in [-0.15, -0.1) is 12.4 Å². The lowest BCUT2D eigenvalue weighted by Gasteiger charge is -2.32. The van der Waals surface area contributed by atoms with Gasteiger partial charge in [-0.1, -0.05) is 26.2 Å². The van der Waals surface area contributed by atoms with Crippen molar-refractivity contribution < 1.29 is 9.59 Å². The Hall–Kier alpha value is -0.810. The first-order valence-electron chi connectivity index (χ1n) is 9.36. The number of nitrogens with zero attached hydrogens (tertiary/aromatic N) is 1. The lowest BCUT2D eigenvalue weighted by molar-refractivity contribution is -0.136. The number of carbonyl (C=O) groups excluding carboxylic acids is 2. The summed E-state index contributed by atoms with van der Waals surface area (Å²) in [5.74, 6) is 0.285. The standard InChI is InChI=1S/C18H35N3O2.ClH/c1-3-9-15(2)20-18(23)16-10-8-13-21(14-16)17(22)11-6-4-5-7-12-19;/h15-16H,3-14,19H2,1-2H3,(H,20,23);1H. The number of piperidine rings is 1. The molecular weight excluding hydrogens is 326 g/mol. The zero-order valence-corrected chi connectivity index (χ0v) is 16.2. The van der Waals surface area contributed by atoms with Gasteiger partial charge in [0, 0.05) is 25.6 Å². The summed E-state index contributed by atoms with van der Waals surface area (Å²) in [6, 6.07) is 0.223. The van der Waals surface area contributed by atoms with Crippen LogP contribution >= 0.6 is 12.4 Å². The molecule has 1 rings (SSSR count). The number of hydrogen-bond acceptors (Lipinski definition) is 3. The first-order chi connectivity index (χ1) is 11.1. The Morgan fingerprint density at radius 2 is 1.96 bits per heavy atom. The monoisotopic (exact) mass is 361 g/mol. The molecular formula is C18H36ClN3O2. The van der Waals surface area contributed by atoms with Gasteiger partial charge in [-0.2, -0.15) is 0 Å². The molecule has 1 aliphatic heterocycles. The van der Waals surface area contributed by atoms with Crippen LogP contribution in [0.15, 0.2) is 0 Å². The van der Waals surface area contributed by atoms with E-state index in [0.29, 0.717) is 13.0 Å². The van der Waals surface area contributed by atoms with E-state index in [-0.39, 0.29) is 36.2 Å². The maximum absolute atomic E-state index is 12.3. The lowest BCUT2D eigenvalue weighted by Crippen LogP contribution is -2.47. The summed E-state index contributed by atoms with van der Waals surface area (Å²) in [6.45, 7) is 6.29. The van der Waals surface area contributed by atoms with E-state index in [1.165, 1.54) is 0 Å². The number of hydrogen-bond donors (Lipinski definition) is 2. The Morgan fingerprint density at radius 3 is 2.62 bits per heavy atom. The van der Waals surface area contributed by atoms with Crippen molar-refractivity contribution in [2.75, 3.05) is 19.6 Å². The van der Waals surface area contributed by atoms with Crippen molar-refractivity contribution >= 4 is 24.2 Å². The summed E-state index contributed by atoms with van der Waals surface area (Å²) in [5, 5.41) is 3.09. The van der Waals surface area contributed by atoms with E-state index in [4.69, 9.17) is 5.73 Å². The molecule has 6 heteroatoms. The fraction of sp³-hybridized carbons (Fsp3) is 0.889. The number of nitrogens with one attached hydrogen (secondary N) is 1. The summed E-state index contributed by atoms with van der Waals surface area (Å²) in [7, 11) is 0. The smallest absolute Gasteiger partial charge is 0.225 e. The highest BCUT2D eigenvalue weighted by molar-refractivity contribution is 5.85. The number of halogens is 1. The fourth-order valence-electron chi connectivity index (χ4n) is 3.22. The van der Waals surface area contributed by atoms with Crippen LogP contribution in [-0.2, 0) is 9.59 Å². The van der Waals surface area contributed by atoms with E-state index in [1.807, 2.05) is 4.90 Å². The predicted octanol–water partition coefficient (Wildman–Crippen LogP) is 2.86. The van der Waals surface area contributed by atoms with Gasteiger partial charge in [-0.05, 0) is 45.6 Å². The Bertz CT molecular complexity index is 366. The molecule has 1 fully saturated rings. The van der Waals surface area contributed by atoms with Crippen molar-refractivity contribution in [2.45, 2.75) is 77.7 Å². The topological polar surface area (TPSA) is 75.4 Å². The highest BCUT2D eigenvalue weighted by Crippen LogP contribution is 2.18. The second-order valence-electron chi connectivity index (χ2n) is 6.83. The van der Waals surface area contributed by atoms with Crippen molar-refractivity contribution in [3.05, 3.63) is 0 Å². The van der Waals surface area contributed by atoms with Crippen LogP contribution in [0.25, 0.3) is 0 Å². The molecule has 1 aliphatic rings. The molecule has 0 radical (unpaired) electrons. The van der Waals surface area contributed by atoms with Crippen LogP contribution in [0.3, 0.4) is 0 Å². The van der Waals surface area contributed by atoms with Gasteiger partial charge in [0.1, 0.15) is 0 Å². The Balaban J connectivity index is 0.00000529. The van der Waals surface area contributed by atoms with Gasteiger partial charge in [-0.25, -0.2) is 0 Å². The zero-order valence-electron chi connectivity index (χ0n) is 15.4. The quantitative estimate of drug-likeness (QED) is 0.587. The van der Waals surface area contributed by atoms with Crippen molar-refractivity contribution in [3.63, 3.8) is 0 Å². The van der Waals surface area contributed by atoms with Gasteiger partial charge in [0.15, 0.2) is 0 Å². The number of unbranched alkanes of at least 4 members (excludes halogenated alkanes) is 3. The third kappa shape index (κ3) is 8.88. The first-order valence-corrected chi connectivity index (χ1v) is 9.36. The summed E-state index contributed by atoms with van der Waals surface area (Å²) >= 11 is 0. The third-order valence-corrected chi connectivity index (χ3v) is 4.60. The zero-order chi connectivity index (χ0) is 17.1. The van der Waals surface area contributed by atoms with E-state index in [2.05, 4.69) is 19.2 Å². The number of carbonyl (C=O) groups is 2. The van der Waals surface area contributed by atoms with Crippen LogP contribution in [0.4, 0.5) is 0 Å². The Labute approximate surface area is 153 Å². The van der Waals surface area contributed by atoms with Crippen molar-refractivity contribution in [1.82, 2.24) is 10.2 Å².